The maximum absolute atomic E-state index is 4.81. The first kappa shape index (κ1) is 21.3. The standard InChI is InChI=1S/C34H21N3S/c1-2-7-23(8-3-1)29-19-24(16-18-35-29)22-12-14-25(15-13-22)37-30-10-6-17-36-34(30)28-20-27-26-9-4-5-11-32(26)38-33(27)21-31(28)37/h1-21H. The average Bonchev–Trinajstić information content (AvgIpc) is 3.51. The summed E-state index contributed by atoms with van der Waals surface area (Å²) in [4.78, 5) is 9.40. The fourth-order valence-corrected chi connectivity index (χ4v) is 6.63. The molecule has 4 heterocycles. The maximum Gasteiger partial charge on any atom is 0.0963 e. The van der Waals surface area contributed by atoms with Crippen LogP contribution in [0.4, 0.5) is 0 Å². The molecule has 38 heavy (non-hydrogen) atoms. The Morgan fingerprint density at radius 1 is 0.500 bits per heavy atom. The monoisotopic (exact) mass is 503 g/mol. The lowest BCUT2D eigenvalue weighted by Crippen LogP contribution is -1.94. The summed E-state index contributed by atoms with van der Waals surface area (Å²) in [7, 11) is 0. The van der Waals surface area contributed by atoms with Crippen molar-refractivity contribution < 1.29 is 0 Å². The Bertz CT molecular complexity index is 2120. The Hall–Kier alpha value is -4.80. The van der Waals surface area contributed by atoms with Crippen molar-refractivity contribution in [3.8, 4) is 28.1 Å². The van der Waals surface area contributed by atoms with E-state index in [0.29, 0.717) is 0 Å². The highest BCUT2D eigenvalue weighted by atomic mass is 32.1. The van der Waals surface area contributed by atoms with Gasteiger partial charge in [0.15, 0.2) is 0 Å². The number of thiophene rings is 1. The molecule has 178 valence electrons. The molecule has 0 spiro atoms. The molecule has 8 rings (SSSR count). The highest BCUT2D eigenvalue weighted by molar-refractivity contribution is 7.25. The van der Waals surface area contributed by atoms with Gasteiger partial charge in [-0.3, -0.25) is 9.97 Å². The molecular weight excluding hydrogens is 482 g/mol. The summed E-state index contributed by atoms with van der Waals surface area (Å²) in [6.07, 6.45) is 3.78. The predicted octanol–water partition coefficient (Wildman–Crippen LogP) is 9.28. The summed E-state index contributed by atoms with van der Waals surface area (Å²) in [6, 6.07) is 40.9. The van der Waals surface area contributed by atoms with E-state index in [1.54, 1.807) is 0 Å². The second-order valence-corrected chi connectivity index (χ2v) is 10.6. The van der Waals surface area contributed by atoms with Crippen molar-refractivity contribution in [3.63, 3.8) is 0 Å². The van der Waals surface area contributed by atoms with Gasteiger partial charge in [0.05, 0.1) is 22.2 Å². The quantitative estimate of drug-likeness (QED) is 0.240. The molecule has 0 atom stereocenters. The molecule has 0 saturated carbocycles. The third kappa shape index (κ3) is 3.28. The number of pyridine rings is 2. The number of benzene rings is 4. The molecule has 0 amide bonds. The molecule has 0 aliphatic rings. The van der Waals surface area contributed by atoms with E-state index in [0.717, 1.165) is 33.5 Å². The molecule has 0 N–H and O–H groups in total. The van der Waals surface area contributed by atoms with Gasteiger partial charge >= 0.3 is 0 Å². The van der Waals surface area contributed by atoms with Gasteiger partial charge in [-0.1, -0.05) is 60.7 Å². The molecule has 3 nitrogen and oxygen atoms in total. The minimum atomic E-state index is 0.980. The van der Waals surface area contributed by atoms with E-state index in [-0.39, 0.29) is 0 Å². The zero-order valence-electron chi connectivity index (χ0n) is 20.4. The van der Waals surface area contributed by atoms with Crippen LogP contribution in [-0.2, 0) is 0 Å². The minimum Gasteiger partial charge on any atom is -0.308 e. The van der Waals surface area contributed by atoms with E-state index < -0.39 is 0 Å². The molecular formula is C34H21N3S. The highest BCUT2D eigenvalue weighted by Crippen LogP contribution is 2.40. The van der Waals surface area contributed by atoms with Gasteiger partial charge in [0.25, 0.3) is 0 Å². The topological polar surface area (TPSA) is 30.7 Å². The Morgan fingerprint density at radius 3 is 2.24 bits per heavy atom. The largest absolute Gasteiger partial charge is 0.308 e. The van der Waals surface area contributed by atoms with Crippen molar-refractivity contribution in [2.75, 3.05) is 0 Å². The van der Waals surface area contributed by atoms with E-state index in [1.807, 2.05) is 48.0 Å². The second-order valence-electron chi connectivity index (χ2n) is 9.51. The summed E-state index contributed by atoms with van der Waals surface area (Å²) >= 11 is 1.85. The van der Waals surface area contributed by atoms with Gasteiger partial charge in [-0.05, 0) is 65.7 Å². The second kappa shape index (κ2) is 8.37. The summed E-state index contributed by atoms with van der Waals surface area (Å²) in [5, 5.41) is 3.79. The first-order valence-corrected chi connectivity index (χ1v) is 13.5. The Labute approximate surface area is 223 Å². The maximum atomic E-state index is 4.81. The van der Waals surface area contributed by atoms with Crippen LogP contribution in [0.1, 0.15) is 0 Å². The molecule has 0 saturated heterocycles. The first-order valence-electron chi connectivity index (χ1n) is 12.7. The van der Waals surface area contributed by atoms with Gasteiger partial charge < -0.3 is 4.57 Å². The van der Waals surface area contributed by atoms with E-state index in [9.17, 15) is 0 Å². The van der Waals surface area contributed by atoms with E-state index in [4.69, 9.17) is 4.98 Å². The van der Waals surface area contributed by atoms with Crippen molar-refractivity contribution in [2.24, 2.45) is 0 Å². The number of fused-ring (bicyclic) bond motifs is 6. The van der Waals surface area contributed by atoms with Crippen LogP contribution < -0.4 is 0 Å². The van der Waals surface area contributed by atoms with Crippen LogP contribution >= 0.6 is 11.3 Å². The van der Waals surface area contributed by atoms with Gasteiger partial charge in [-0.2, -0.15) is 0 Å². The van der Waals surface area contributed by atoms with Crippen molar-refractivity contribution in [2.45, 2.75) is 0 Å². The molecule has 0 aliphatic heterocycles. The van der Waals surface area contributed by atoms with Crippen LogP contribution in [0.3, 0.4) is 0 Å². The molecule has 0 radical (unpaired) electrons. The van der Waals surface area contributed by atoms with Gasteiger partial charge in [0.2, 0.25) is 0 Å². The van der Waals surface area contributed by atoms with E-state index in [2.05, 4.69) is 101 Å². The highest BCUT2D eigenvalue weighted by Gasteiger charge is 2.16. The van der Waals surface area contributed by atoms with E-state index >= 15 is 0 Å². The number of hydrogen-bond acceptors (Lipinski definition) is 3. The summed E-state index contributed by atoms with van der Waals surface area (Å²) in [5.41, 5.74) is 8.88. The summed E-state index contributed by atoms with van der Waals surface area (Å²) in [6.45, 7) is 0. The molecule has 4 aromatic carbocycles. The predicted molar refractivity (Wildman–Crippen MR) is 160 cm³/mol. The molecule has 0 bridgehead atoms. The Kier molecular flexibility index (Phi) is 4.69. The number of nitrogens with zero attached hydrogens (tertiary/aromatic N) is 3. The summed E-state index contributed by atoms with van der Waals surface area (Å²) in [5.74, 6) is 0. The molecule has 0 aliphatic carbocycles. The van der Waals surface area contributed by atoms with Gasteiger partial charge in [0, 0.05) is 49.2 Å². The lowest BCUT2D eigenvalue weighted by molar-refractivity contribution is 1.18. The normalized spacial score (nSPS) is 11.7. The molecule has 0 fully saturated rings. The average molecular weight is 504 g/mol. The van der Waals surface area contributed by atoms with Crippen LogP contribution in [-0.4, -0.2) is 14.5 Å². The van der Waals surface area contributed by atoms with Gasteiger partial charge in [0.1, 0.15) is 0 Å². The third-order valence-corrected chi connectivity index (χ3v) is 8.44. The smallest absolute Gasteiger partial charge is 0.0963 e. The molecule has 4 heteroatoms. The zero-order chi connectivity index (χ0) is 25.1. The third-order valence-electron chi connectivity index (χ3n) is 7.31. The van der Waals surface area contributed by atoms with Crippen LogP contribution in [0.25, 0.3) is 70.2 Å². The van der Waals surface area contributed by atoms with Crippen molar-refractivity contribution in [3.05, 3.63) is 128 Å². The number of aromatic nitrogens is 3. The molecule has 8 aromatic rings. The fourth-order valence-electron chi connectivity index (χ4n) is 5.51. The number of rotatable bonds is 3. The van der Waals surface area contributed by atoms with Crippen molar-refractivity contribution >= 4 is 53.4 Å². The Morgan fingerprint density at radius 2 is 1.34 bits per heavy atom. The zero-order valence-corrected chi connectivity index (χ0v) is 21.2. The van der Waals surface area contributed by atoms with Crippen LogP contribution in [0.5, 0.6) is 0 Å². The van der Waals surface area contributed by atoms with Gasteiger partial charge in [-0.15, -0.1) is 11.3 Å². The minimum absolute atomic E-state index is 0.980. The SMILES string of the molecule is c1ccc(-c2cc(-c3ccc(-n4c5cc6sc7ccccc7c6cc5c5ncccc54)cc3)ccn2)cc1. The Balaban J connectivity index is 1.29. The molecule has 4 aromatic heterocycles. The van der Waals surface area contributed by atoms with Gasteiger partial charge in [-0.25, -0.2) is 0 Å². The lowest BCUT2D eigenvalue weighted by atomic mass is 10.0. The van der Waals surface area contributed by atoms with Crippen LogP contribution in [0, 0.1) is 0 Å². The van der Waals surface area contributed by atoms with Crippen LogP contribution in [0.15, 0.2) is 128 Å². The number of hydrogen-bond donors (Lipinski definition) is 0. The van der Waals surface area contributed by atoms with E-state index in [1.165, 1.54) is 36.6 Å². The first-order chi connectivity index (χ1) is 18.8. The molecule has 0 unspecified atom stereocenters. The fraction of sp³-hybridized carbons (Fsp3) is 0. The lowest BCUT2D eigenvalue weighted by Gasteiger charge is -2.10. The van der Waals surface area contributed by atoms with Crippen molar-refractivity contribution in [1.82, 2.24) is 14.5 Å². The van der Waals surface area contributed by atoms with Crippen LogP contribution in [0.2, 0.25) is 0 Å². The van der Waals surface area contributed by atoms with Crippen molar-refractivity contribution in [1.29, 1.82) is 0 Å². The summed E-state index contributed by atoms with van der Waals surface area (Å²) < 4.78 is 4.95.